The van der Waals surface area contributed by atoms with Crippen LogP contribution in [0.4, 0.5) is 0 Å². The van der Waals surface area contributed by atoms with Crippen molar-refractivity contribution in [3.05, 3.63) is 36.0 Å². The lowest BCUT2D eigenvalue weighted by Crippen LogP contribution is -1.93. The quantitative estimate of drug-likeness (QED) is 0.709. The standard InChI is InChI=1S/C13H8N6O2/c1-20-11-5-4-9(17-18-11)12-16-13(21-19-12)10-3-2-8(6-14)7-15-10/h2-5,7H,1H3. The van der Waals surface area contributed by atoms with E-state index < -0.39 is 0 Å². The maximum atomic E-state index is 8.73. The molecule has 21 heavy (non-hydrogen) atoms. The van der Waals surface area contributed by atoms with E-state index in [0.717, 1.165) is 0 Å². The molecule has 0 fully saturated rings. The highest BCUT2D eigenvalue weighted by molar-refractivity contribution is 5.54. The molecule has 0 unspecified atom stereocenters. The minimum atomic E-state index is 0.243. The number of ether oxygens (including phenoxy) is 1. The van der Waals surface area contributed by atoms with Crippen LogP contribution < -0.4 is 4.74 Å². The lowest BCUT2D eigenvalue weighted by Gasteiger charge is -1.96. The van der Waals surface area contributed by atoms with E-state index in [-0.39, 0.29) is 5.89 Å². The highest BCUT2D eigenvalue weighted by atomic mass is 16.5. The van der Waals surface area contributed by atoms with Crippen LogP contribution in [0.2, 0.25) is 0 Å². The summed E-state index contributed by atoms with van der Waals surface area (Å²) in [6.45, 7) is 0. The molecule has 3 heterocycles. The number of nitriles is 1. The van der Waals surface area contributed by atoms with Gasteiger partial charge in [0.05, 0.1) is 12.7 Å². The zero-order valence-corrected chi connectivity index (χ0v) is 10.9. The summed E-state index contributed by atoms with van der Waals surface area (Å²) in [5.74, 6) is 0.939. The molecule has 0 bridgehead atoms. The predicted molar refractivity (Wildman–Crippen MR) is 69.8 cm³/mol. The zero-order chi connectivity index (χ0) is 14.7. The number of pyridine rings is 1. The van der Waals surface area contributed by atoms with Crippen LogP contribution in [0.1, 0.15) is 5.56 Å². The van der Waals surface area contributed by atoms with Crippen LogP contribution in [-0.2, 0) is 0 Å². The second-order valence-electron chi connectivity index (χ2n) is 3.93. The van der Waals surface area contributed by atoms with Crippen molar-refractivity contribution in [2.24, 2.45) is 0 Å². The van der Waals surface area contributed by atoms with Crippen molar-refractivity contribution in [3.63, 3.8) is 0 Å². The first-order valence-electron chi connectivity index (χ1n) is 5.88. The molecule has 0 N–H and O–H groups in total. The van der Waals surface area contributed by atoms with Gasteiger partial charge in [0.1, 0.15) is 17.5 Å². The molecule has 0 saturated carbocycles. The van der Waals surface area contributed by atoms with Crippen molar-refractivity contribution in [2.45, 2.75) is 0 Å². The van der Waals surface area contributed by atoms with Crippen LogP contribution in [0.15, 0.2) is 35.0 Å². The second-order valence-corrected chi connectivity index (χ2v) is 3.93. The zero-order valence-electron chi connectivity index (χ0n) is 10.9. The summed E-state index contributed by atoms with van der Waals surface area (Å²) in [6.07, 6.45) is 1.44. The van der Waals surface area contributed by atoms with E-state index in [0.29, 0.717) is 28.7 Å². The Morgan fingerprint density at radius 3 is 2.62 bits per heavy atom. The molecule has 0 aromatic carbocycles. The van der Waals surface area contributed by atoms with Gasteiger partial charge in [-0.15, -0.1) is 10.2 Å². The van der Waals surface area contributed by atoms with Crippen molar-refractivity contribution in [3.8, 4) is 35.1 Å². The van der Waals surface area contributed by atoms with Gasteiger partial charge in [-0.25, -0.2) is 4.98 Å². The van der Waals surface area contributed by atoms with Crippen LogP contribution in [0, 0.1) is 11.3 Å². The Hall–Kier alpha value is -3.34. The summed E-state index contributed by atoms with van der Waals surface area (Å²) in [5.41, 5.74) is 1.40. The summed E-state index contributed by atoms with van der Waals surface area (Å²) in [4.78, 5) is 8.27. The summed E-state index contributed by atoms with van der Waals surface area (Å²) >= 11 is 0. The average molecular weight is 280 g/mol. The number of methoxy groups -OCH3 is 1. The molecule has 0 aliphatic rings. The van der Waals surface area contributed by atoms with Gasteiger partial charge in [-0.05, 0) is 18.2 Å². The first-order valence-corrected chi connectivity index (χ1v) is 5.88. The van der Waals surface area contributed by atoms with Gasteiger partial charge < -0.3 is 9.26 Å². The third-order valence-electron chi connectivity index (χ3n) is 2.62. The van der Waals surface area contributed by atoms with Crippen LogP contribution in [0.25, 0.3) is 23.1 Å². The monoisotopic (exact) mass is 280 g/mol. The smallest absolute Gasteiger partial charge is 0.276 e. The molecule has 0 radical (unpaired) electrons. The summed E-state index contributed by atoms with van der Waals surface area (Å²) in [5, 5.41) is 20.3. The molecule has 0 atom stereocenters. The van der Waals surface area contributed by atoms with Gasteiger partial charge in [0.25, 0.3) is 5.89 Å². The van der Waals surface area contributed by atoms with Gasteiger partial charge in [0, 0.05) is 12.3 Å². The predicted octanol–water partition coefficient (Wildman–Crippen LogP) is 1.47. The maximum Gasteiger partial charge on any atom is 0.276 e. The van der Waals surface area contributed by atoms with E-state index in [4.69, 9.17) is 14.5 Å². The number of aromatic nitrogens is 5. The molecule has 8 heteroatoms. The highest BCUT2D eigenvalue weighted by Gasteiger charge is 2.13. The fourth-order valence-corrected chi connectivity index (χ4v) is 1.57. The molecular weight excluding hydrogens is 272 g/mol. The van der Waals surface area contributed by atoms with Crippen molar-refractivity contribution in [1.29, 1.82) is 5.26 Å². The van der Waals surface area contributed by atoms with Gasteiger partial charge in [-0.2, -0.15) is 10.2 Å². The number of hydrogen-bond donors (Lipinski definition) is 0. The first kappa shape index (κ1) is 12.7. The molecule has 8 nitrogen and oxygen atoms in total. The topological polar surface area (TPSA) is 111 Å². The SMILES string of the molecule is COc1ccc(-c2noc(-c3ccc(C#N)cn3)n2)nn1. The fraction of sp³-hybridized carbons (Fsp3) is 0.0769. The Morgan fingerprint density at radius 2 is 2.00 bits per heavy atom. The maximum absolute atomic E-state index is 8.73. The summed E-state index contributed by atoms with van der Waals surface area (Å²) < 4.78 is 10.1. The van der Waals surface area contributed by atoms with E-state index in [1.807, 2.05) is 6.07 Å². The lowest BCUT2D eigenvalue weighted by molar-refractivity contribution is 0.392. The Kier molecular flexibility index (Phi) is 3.22. The number of rotatable bonds is 3. The van der Waals surface area contributed by atoms with E-state index >= 15 is 0 Å². The Bertz CT molecular complexity index is 789. The first-order chi connectivity index (χ1) is 10.3. The highest BCUT2D eigenvalue weighted by Crippen LogP contribution is 2.19. The molecule has 0 amide bonds. The van der Waals surface area contributed by atoms with Crippen LogP contribution in [0.5, 0.6) is 5.88 Å². The third kappa shape index (κ3) is 2.52. The second kappa shape index (κ2) is 5.34. The third-order valence-corrected chi connectivity index (χ3v) is 2.62. The van der Waals surface area contributed by atoms with Gasteiger partial charge in [-0.3, -0.25) is 0 Å². The summed E-state index contributed by atoms with van der Waals surface area (Å²) in [7, 11) is 1.51. The van der Waals surface area contributed by atoms with E-state index in [9.17, 15) is 0 Å². The molecule has 102 valence electrons. The van der Waals surface area contributed by atoms with E-state index in [1.54, 1.807) is 24.3 Å². The molecule has 3 aromatic heterocycles. The van der Waals surface area contributed by atoms with Crippen molar-refractivity contribution < 1.29 is 9.26 Å². The lowest BCUT2D eigenvalue weighted by atomic mass is 10.2. The van der Waals surface area contributed by atoms with Crippen LogP contribution in [-0.4, -0.2) is 32.4 Å². The fourth-order valence-electron chi connectivity index (χ4n) is 1.57. The average Bonchev–Trinajstić information content (AvgIpc) is 3.05. The molecule has 0 spiro atoms. The van der Waals surface area contributed by atoms with Crippen molar-refractivity contribution in [2.75, 3.05) is 7.11 Å². The molecular formula is C13H8N6O2. The van der Waals surface area contributed by atoms with Gasteiger partial charge in [0.2, 0.25) is 11.7 Å². The van der Waals surface area contributed by atoms with Gasteiger partial charge >= 0.3 is 0 Å². The molecule has 3 aromatic rings. The minimum Gasteiger partial charge on any atom is -0.480 e. The Balaban J connectivity index is 1.89. The minimum absolute atomic E-state index is 0.243. The van der Waals surface area contributed by atoms with Crippen LogP contribution >= 0.6 is 0 Å². The van der Waals surface area contributed by atoms with Gasteiger partial charge in [0.15, 0.2) is 0 Å². The van der Waals surface area contributed by atoms with Crippen LogP contribution in [0.3, 0.4) is 0 Å². The van der Waals surface area contributed by atoms with Gasteiger partial charge in [-0.1, -0.05) is 5.16 Å². The Morgan fingerprint density at radius 1 is 1.14 bits per heavy atom. The molecule has 0 aliphatic heterocycles. The molecule has 3 rings (SSSR count). The van der Waals surface area contributed by atoms with E-state index in [2.05, 4.69) is 25.3 Å². The number of hydrogen-bond acceptors (Lipinski definition) is 8. The van der Waals surface area contributed by atoms with Crippen molar-refractivity contribution >= 4 is 0 Å². The number of nitrogens with zero attached hydrogens (tertiary/aromatic N) is 6. The Labute approximate surface area is 119 Å². The molecule has 0 aliphatic carbocycles. The molecule has 0 saturated heterocycles. The van der Waals surface area contributed by atoms with E-state index in [1.165, 1.54) is 13.3 Å². The van der Waals surface area contributed by atoms with Crippen molar-refractivity contribution in [1.82, 2.24) is 25.3 Å². The summed E-state index contributed by atoms with van der Waals surface area (Å²) in [6, 6.07) is 8.57. The normalized spacial score (nSPS) is 10.1. The largest absolute Gasteiger partial charge is 0.480 e.